The zero-order valence-electron chi connectivity index (χ0n) is 12.2. The molecule has 2 nitrogen and oxygen atoms in total. The average Bonchev–Trinajstić information content (AvgIpc) is 2.44. The number of anilines is 2. The quantitative estimate of drug-likeness (QED) is 0.898. The summed E-state index contributed by atoms with van der Waals surface area (Å²) in [5.41, 5.74) is 9.55. The predicted molar refractivity (Wildman–Crippen MR) is 82.9 cm³/mol. The Labute approximate surface area is 120 Å². The second-order valence-corrected chi connectivity index (χ2v) is 5.03. The van der Waals surface area contributed by atoms with Gasteiger partial charge in [-0.3, -0.25) is 0 Å². The number of hydrogen-bond acceptors (Lipinski definition) is 2. The Balaban J connectivity index is 2.57. The summed E-state index contributed by atoms with van der Waals surface area (Å²) < 4.78 is 13.8. The molecule has 0 amide bonds. The molecule has 2 N–H and O–H groups in total. The lowest BCUT2D eigenvalue weighted by atomic mass is 10.0. The van der Waals surface area contributed by atoms with E-state index in [-0.39, 0.29) is 11.9 Å². The van der Waals surface area contributed by atoms with Crippen molar-refractivity contribution in [3.8, 4) is 0 Å². The van der Waals surface area contributed by atoms with Crippen LogP contribution < -0.4 is 10.6 Å². The smallest absolute Gasteiger partial charge is 0.126 e. The Morgan fingerprint density at radius 2 is 1.85 bits per heavy atom. The summed E-state index contributed by atoms with van der Waals surface area (Å²) in [6.45, 7) is 6.54. The van der Waals surface area contributed by atoms with Crippen molar-refractivity contribution in [1.29, 1.82) is 0 Å². The van der Waals surface area contributed by atoms with E-state index in [4.69, 9.17) is 5.73 Å². The number of nitrogens with two attached hydrogens (primary N) is 1. The minimum atomic E-state index is -0.210. The van der Waals surface area contributed by atoms with Crippen LogP contribution >= 0.6 is 0 Å². The van der Waals surface area contributed by atoms with Crippen LogP contribution in [-0.4, -0.2) is 6.54 Å². The molecule has 0 spiro atoms. The standard InChI is InChI=1S/C17H21FN2/c1-4-20(14-8-6-5-7-9-14)17-10-12(2)16(18)11-15(17)13(3)19/h5-11,13H,4,19H2,1-3H3. The Hall–Kier alpha value is -1.87. The van der Waals surface area contributed by atoms with Crippen LogP contribution in [0, 0.1) is 12.7 Å². The van der Waals surface area contributed by atoms with Gasteiger partial charge in [-0.1, -0.05) is 18.2 Å². The molecule has 2 aromatic carbocycles. The third-order valence-electron chi connectivity index (χ3n) is 3.47. The fourth-order valence-corrected chi connectivity index (χ4v) is 2.38. The van der Waals surface area contributed by atoms with Crippen LogP contribution in [0.5, 0.6) is 0 Å². The molecule has 0 saturated heterocycles. The van der Waals surface area contributed by atoms with E-state index in [1.165, 1.54) is 0 Å². The van der Waals surface area contributed by atoms with E-state index in [0.29, 0.717) is 5.56 Å². The van der Waals surface area contributed by atoms with Crippen LogP contribution in [0.2, 0.25) is 0 Å². The minimum absolute atomic E-state index is 0.204. The Bertz CT molecular complexity index is 579. The van der Waals surface area contributed by atoms with Crippen molar-refractivity contribution in [2.24, 2.45) is 5.73 Å². The van der Waals surface area contributed by atoms with Crippen molar-refractivity contribution < 1.29 is 4.39 Å². The van der Waals surface area contributed by atoms with Crippen LogP contribution in [-0.2, 0) is 0 Å². The first-order valence-electron chi connectivity index (χ1n) is 6.92. The van der Waals surface area contributed by atoms with E-state index in [1.54, 1.807) is 13.0 Å². The van der Waals surface area contributed by atoms with E-state index in [1.807, 2.05) is 43.3 Å². The zero-order chi connectivity index (χ0) is 14.7. The Kier molecular flexibility index (Phi) is 4.40. The van der Waals surface area contributed by atoms with Gasteiger partial charge in [0.05, 0.1) is 0 Å². The van der Waals surface area contributed by atoms with Crippen molar-refractivity contribution in [3.63, 3.8) is 0 Å². The van der Waals surface area contributed by atoms with Crippen molar-refractivity contribution >= 4 is 11.4 Å². The predicted octanol–water partition coefficient (Wildman–Crippen LogP) is 4.31. The van der Waals surface area contributed by atoms with Gasteiger partial charge in [0.2, 0.25) is 0 Å². The monoisotopic (exact) mass is 272 g/mol. The molecule has 0 heterocycles. The van der Waals surface area contributed by atoms with Crippen molar-refractivity contribution in [2.75, 3.05) is 11.4 Å². The molecule has 0 aromatic heterocycles. The van der Waals surface area contributed by atoms with Gasteiger partial charge in [-0.15, -0.1) is 0 Å². The van der Waals surface area contributed by atoms with Gasteiger partial charge in [-0.2, -0.15) is 0 Å². The highest BCUT2D eigenvalue weighted by molar-refractivity contribution is 5.67. The number of benzene rings is 2. The van der Waals surface area contributed by atoms with Crippen molar-refractivity contribution in [1.82, 2.24) is 0 Å². The van der Waals surface area contributed by atoms with Crippen LogP contribution in [0.25, 0.3) is 0 Å². The summed E-state index contributed by atoms with van der Waals surface area (Å²) in [7, 11) is 0. The fourth-order valence-electron chi connectivity index (χ4n) is 2.38. The second-order valence-electron chi connectivity index (χ2n) is 5.03. The third kappa shape index (κ3) is 2.83. The fraction of sp³-hybridized carbons (Fsp3) is 0.294. The molecule has 1 unspecified atom stereocenters. The first kappa shape index (κ1) is 14.5. The van der Waals surface area contributed by atoms with E-state index in [9.17, 15) is 4.39 Å². The minimum Gasteiger partial charge on any atom is -0.341 e. The van der Waals surface area contributed by atoms with Gasteiger partial charge >= 0.3 is 0 Å². The normalized spacial score (nSPS) is 12.2. The lowest BCUT2D eigenvalue weighted by Crippen LogP contribution is -2.20. The topological polar surface area (TPSA) is 29.3 Å². The molecular formula is C17H21FN2. The molecule has 0 saturated carbocycles. The molecule has 0 aliphatic rings. The lowest BCUT2D eigenvalue weighted by molar-refractivity contribution is 0.613. The van der Waals surface area contributed by atoms with Crippen LogP contribution in [0.1, 0.15) is 31.0 Å². The van der Waals surface area contributed by atoms with Crippen LogP contribution in [0.3, 0.4) is 0 Å². The molecular weight excluding hydrogens is 251 g/mol. The van der Waals surface area contributed by atoms with Crippen LogP contribution in [0.15, 0.2) is 42.5 Å². The summed E-state index contributed by atoms with van der Waals surface area (Å²) in [6.07, 6.45) is 0. The number of rotatable bonds is 4. The lowest BCUT2D eigenvalue weighted by Gasteiger charge is -2.27. The van der Waals surface area contributed by atoms with E-state index in [0.717, 1.165) is 23.5 Å². The summed E-state index contributed by atoms with van der Waals surface area (Å²) in [5.74, 6) is -0.204. The van der Waals surface area contributed by atoms with E-state index >= 15 is 0 Å². The summed E-state index contributed by atoms with van der Waals surface area (Å²) in [4.78, 5) is 2.16. The highest BCUT2D eigenvalue weighted by atomic mass is 19.1. The molecule has 0 fully saturated rings. The van der Waals surface area contributed by atoms with Gasteiger partial charge in [0.1, 0.15) is 5.82 Å². The van der Waals surface area contributed by atoms with E-state index < -0.39 is 0 Å². The maximum absolute atomic E-state index is 13.8. The van der Waals surface area contributed by atoms with Crippen molar-refractivity contribution in [2.45, 2.75) is 26.8 Å². The molecule has 3 heteroatoms. The first-order chi connectivity index (χ1) is 9.54. The molecule has 106 valence electrons. The molecule has 2 rings (SSSR count). The Morgan fingerprint density at radius 1 is 1.20 bits per heavy atom. The zero-order valence-corrected chi connectivity index (χ0v) is 12.2. The Morgan fingerprint density at radius 3 is 2.40 bits per heavy atom. The van der Waals surface area contributed by atoms with Crippen LogP contribution in [0.4, 0.5) is 15.8 Å². The highest BCUT2D eigenvalue weighted by Crippen LogP contribution is 2.33. The largest absolute Gasteiger partial charge is 0.341 e. The maximum atomic E-state index is 13.8. The van der Waals surface area contributed by atoms with E-state index in [2.05, 4.69) is 11.8 Å². The van der Waals surface area contributed by atoms with Gasteiger partial charge in [0.15, 0.2) is 0 Å². The molecule has 0 radical (unpaired) electrons. The number of hydrogen-bond donors (Lipinski definition) is 1. The number of nitrogens with zero attached hydrogens (tertiary/aromatic N) is 1. The highest BCUT2D eigenvalue weighted by Gasteiger charge is 2.16. The van der Waals surface area contributed by atoms with Gasteiger partial charge in [0, 0.05) is 24.0 Å². The van der Waals surface area contributed by atoms with Crippen molar-refractivity contribution in [3.05, 3.63) is 59.4 Å². The van der Waals surface area contributed by atoms with Gasteiger partial charge in [-0.05, 0) is 56.2 Å². The molecule has 0 bridgehead atoms. The average molecular weight is 272 g/mol. The number of aryl methyl sites for hydroxylation is 1. The molecule has 2 aromatic rings. The molecule has 0 aliphatic heterocycles. The SMILES string of the molecule is CCN(c1ccccc1)c1cc(C)c(F)cc1C(C)N. The summed E-state index contributed by atoms with van der Waals surface area (Å²) in [5, 5.41) is 0. The van der Waals surface area contributed by atoms with Gasteiger partial charge < -0.3 is 10.6 Å². The molecule has 1 atom stereocenters. The molecule has 20 heavy (non-hydrogen) atoms. The van der Waals surface area contributed by atoms with Gasteiger partial charge in [-0.25, -0.2) is 4.39 Å². The molecule has 0 aliphatic carbocycles. The number of para-hydroxylation sites is 1. The summed E-state index contributed by atoms with van der Waals surface area (Å²) in [6, 6.07) is 13.3. The third-order valence-corrected chi connectivity index (χ3v) is 3.47. The first-order valence-corrected chi connectivity index (χ1v) is 6.92. The summed E-state index contributed by atoms with van der Waals surface area (Å²) >= 11 is 0. The number of halogens is 1. The van der Waals surface area contributed by atoms with Gasteiger partial charge in [0.25, 0.3) is 0 Å². The maximum Gasteiger partial charge on any atom is 0.126 e. The second kappa shape index (κ2) is 6.06.